The maximum atomic E-state index is 8.51. The zero-order valence-corrected chi connectivity index (χ0v) is 11.8. The second kappa shape index (κ2) is 6.63. The van der Waals surface area contributed by atoms with Crippen molar-refractivity contribution < 1.29 is 4.74 Å². The van der Waals surface area contributed by atoms with E-state index in [0.717, 1.165) is 12.2 Å². The van der Waals surface area contributed by atoms with Crippen LogP contribution in [0.15, 0.2) is 42.5 Å². The zero-order chi connectivity index (χ0) is 14.4. The van der Waals surface area contributed by atoms with Gasteiger partial charge in [-0.2, -0.15) is 5.26 Å². The molecule has 2 aromatic rings. The Morgan fingerprint density at radius 1 is 1.15 bits per heavy atom. The third kappa shape index (κ3) is 3.76. The minimum Gasteiger partial charge on any atom is -0.479 e. The van der Waals surface area contributed by atoms with Crippen LogP contribution < -0.4 is 10.1 Å². The van der Waals surface area contributed by atoms with Crippen LogP contribution in [0.3, 0.4) is 0 Å². The van der Waals surface area contributed by atoms with Crippen LogP contribution in [0.4, 0.5) is 5.69 Å². The van der Waals surface area contributed by atoms with E-state index in [9.17, 15) is 0 Å². The molecule has 3 heteroatoms. The summed E-state index contributed by atoms with van der Waals surface area (Å²) >= 11 is 0. The number of aryl methyl sites for hydroxylation is 2. The molecular formula is C17H18N2O. The van der Waals surface area contributed by atoms with E-state index in [0.29, 0.717) is 5.75 Å². The highest BCUT2D eigenvalue weighted by Crippen LogP contribution is 2.19. The van der Waals surface area contributed by atoms with Crippen molar-refractivity contribution in [2.24, 2.45) is 0 Å². The average molecular weight is 266 g/mol. The van der Waals surface area contributed by atoms with E-state index in [1.54, 1.807) is 0 Å². The Labute approximate surface area is 119 Å². The highest BCUT2D eigenvalue weighted by Gasteiger charge is 2.00. The van der Waals surface area contributed by atoms with Gasteiger partial charge >= 0.3 is 0 Å². The molecule has 0 aliphatic heterocycles. The molecule has 1 N–H and O–H groups in total. The molecule has 0 fully saturated rings. The SMILES string of the molecule is Cc1ccc(C)c(CNc2cccc(OCC#N)c2)c1. The molecule has 0 radical (unpaired) electrons. The van der Waals surface area contributed by atoms with Crippen molar-refractivity contribution in [3.05, 3.63) is 59.2 Å². The summed E-state index contributed by atoms with van der Waals surface area (Å²) in [5, 5.41) is 11.9. The first-order chi connectivity index (χ1) is 9.69. The molecule has 0 amide bonds. The molecule has 3 nitrogen and oxygen atoms in total. The van der Waals surface area contributed by atoms with Crippen LogP contribution in [0.1, 0.15) is 16.7 Å². The van der Waals surface area contributed by atoms with Crippen LogP contribution in [-0.4, -0.2) is 6.61 Å². The lowest BCUT2D eigenvalue weighted by Gasteiger charge is -2.11. The fourth-order valence-electron chi connectivity index (χ4n) is 2.00. The van der Waals surface area contributed by atoms with E-state index >= 15 is 0 Å². The Bertz CT molecular complexity index is 629. The zero-order valence-electron chi connectivity index (χ0n) is 11.8. The van der Waals surface area contributed by atoms with E-state index in [-0.39, 0.29) is 6.61 Å². The molecule has 0 aromatic heterocycles. The molecular weight excluding hydrogens is 248 g/mol. The van der Waals surface area contributed by atoms with E-state index in [2.05, 4.69) is 37.4 Å². The van der Waals surface area contributed by atoms with Crippen LogP contribution in [0.25, 0.3) is 0 Å². The van der Waals surface area contributed by atoms with Gasteiger partial charge in [0, 0.05) is 18.3 Å². The quantitative estimate of drug-likeness (QED) is 0.894. The van der Waals surface area contributed by atoms with E-state index < -0.39 is 0 Å². The van der Waals surface area contributed by atoms with Crippen molar-refractivity contribution in [2.75, 3.05) is 11.9 Å². The fourth-order valence-corrected chi connectivity index (χ4v) is 2.00. The van der Waals surface area contributed by atoms with Gasteiger partial charge in [-0.25, -0.2) is 0 Å². The van der Waals surface area contributed by atoms with Gasteiger partial charge in [-0.05, 0) is 37.1 Å². The van der Waals surface area contributed by atoms with Gasteiger partial charge in [0.15, 0.2) is 6.61 Å². The minimum absolute atomic E-state index is 0.0699. The van der Waals surface area contributed by atoms with Gasteiger partial charge in [0.05, 0.1) is 0 Å². The molecule has 0 unspecified atom stereocenters. The highest BCUT2D eigenvalue weighted by molar-refractivity contribution is 5.49. The number of benzene rings is 2. The topological polar surface area (TPSA) is 45.0 Å². The number of rotatable bonds is 5. The van der Waals surface area contributed by atoms with Gasteiger partial charge < -0.3 is 10.1 Å². The Morgan fingerprint density at radius 2 is 2.00 bits per heavy atom. The van der Waals surface area contributed by atoms with E-state index in [1.165, 1.54) is 16.7 Å². The number of hydrogen-bond acceptors (Lipinski definition) is 3. The monoisotopic (exact) mass is 266 g/mol. The first kappa shape index (κ1) is 14.0. The molecule has 2 aromatic carbocycles. The molecule has 0 saturated heterocycles. The summed E-state index contributed by atoms with van der Waals surface area (Å²) in [5.74, 6) is 0.706. The summed E-state index contributed by atoms with van der Waals surface area (Å²) in [5.41, 5.74) is 4.81. The van der Waals surface area contributed by atoms with E-state index in [4.69, 9.17) is 10.00 Å². The summed E-state index contributed by atoms with van der Waals surface area (Å²) in [7, 11) is 0. The van der Waals surface area contributed by atoms with Gasteiger partial charge in [-0.3, -0.25) is 0 Å². The maximum Gasteiger partial charge on any atom is 0.174 e. The molecule has 20 heavy (non-hydrogen) atoms. The van der Waals surface area contributed by atoms with Crippen LogP contribution in [0.5, 0.6) is 5.75 Å². The van der Waals surface area contributed by atoms with Crippen LogP contribution in [0.2, 0.25) is 0 Å². The maximum absolute atomic E-state index is 8.51. The number of ether oxygens (including phenoxy) is 1. The second-order valence-corrected chi connectivity index (χ2v) is 4.76. The number of anilines is 1. The fraction of sp³-hybridized carbons (Fsp3) is 0.235. The van der Waals surface area contributed by atoms with Gasteiger partial charge in [0.1, 0.15) is 11.8 Å². The molecule has 0 spiro atoms. The second-order valence-electron chi connectivity index (χ2n) is 4.76. The molecule has 0 atom stereocenters. The Kier molecular flexibility index (Phi) is 4.62. The Hall–Kier alpha value is -2.47. The highest BCUT2D eigenvalue weighted by atomic mass is 16.5. The van der Waals surface area contributed by atoms with E-state index in [1.807, 2.05) is 30.3 Å². The van der Waals surface area contributed by atoms with Gasteiger partial charge in [0.2, 0.25) is 0 Å². The molecule has 0 aliphatic rings. The average Bonchev–Trinajstić information content (AvgIpc) is 2.46. The molecule has 102 valence electrons. The van der Waals surface area contributed by atoms with Crippen molar-refractivity contribution in [1.82, 2.24) is 0 Å². The Balaban J connectivity index is 2.03. The lowest BCUT2D eigenvalue weighted by molar-refractivity contribution is 0.368. The number of hydrogen-bond donors (Lipinski definition) is 1. The van der Waals surface area contributed by atoms with Crippen molar-refractivity contribution in [3.8, 4) is 11.8 Å². The van der Waals surface area contributed by atoms with Crippen LogP contribution in [-0.2, 0) is 6.54 Å². The lowest BCUT2D eigenvalue weighted by atomic mass is 10.1. The summed E-state index contributed by atoms with van der Waals surface area (Å²) in [6, 6.07) is 16.1. The predicted octanol–water partition coefficient (Wildman–Crippen LogP) is 3.82. The standard InChI is InChI=1S/C17H18N2O/c1-13-6-7-14(2)15(10-13)12-19-16-4-3-5-17(11-16)20-9-8-18/h3-7,10-11,19H,9,12H2,1-2H3. The number of nitriles is 1. The van der Waals surface area contributed by atoms with Crippen molar-refractivity contribution in [2.45, 2.75) is 20.4 Å². The third-order valence-corrected chi connectivity index (χ3v) is 3.13. The molecule has 0 aliphatic carbocycles. The van der Waals surface area contributed by atoms with Crippen molar-refractivity contribution in [1.29, 1.82) is 5.26 Å². The summed E-state index contributed by atoms with van der Waals surface area (Å²) in [6.45, 7) is 5.05. The summed E-state index contributed by atoms with van der Waals surface area (Å²) in [4.78, 5) is 0. The summed E-state index contributed by atoms with van der Waals surface area (Å²) < 4.78 is 5.29. The molecule has 2 rings (SSSR count). The lowest BCUT2D eigenvalue weighted by Crippen LogP contribution is -2.02. The van der Waals surface area contributed by atoms with Gasteiger partial charge in [-0.15, -0.1) is 0 Å². The van der Waals surface area contributed by atoms with Crippen molar-refractivity contribution >= 4 is 5.69 Å². The number of nitrogens with zero attached hydrogens (tertiary/aromatic N) is 1. The molecule has 0 saturated carbocycles. The van der Waals surface area contributed by atoms with Crippen LogP contribution in [0, 0.1) is 25.2 Å². The first-order valence-corrected chi connectivity index (χ1v) is 6.59. The molecule has 0 heterocycles. The predicted molar refractivity (Wildman–Crippen MR) is 80.8 cm³/mol. The van der Waals surface area contributed by atoms with Crippen molar-refractivity contribution in [3.63, 3.8) is 0 Å². The third-order valence-electron chi connectivity index (χ3n) is 3.13. The Morgan fingerprint density at radius 3 is 2.80 bits per heavy atom. The minimum atomic E-state index is 0.0699. The smallest absolute Gasteiger partial charge is 0.174 e. The van der Waals surface area contributed by atoms with Crippen LogP contribution >= 0.6 is 0 Å². The number of nitrogens with one attached hydrogen (secondary N) is 1. The normalized spacial score (nSPS) is 9.85. The van der Waals surface area contributed by atoms with Gasteiger partial charge in [-0.1, -0.05) is 29.8 Å². The largest absolute Gasteiger partial charge is 0.479 e. The first-order valence-electron chi connectivity index (χ1n) is 6.59. The summed E-state index contributed by atoms with van der Waals surface area (Å²) in [6.07, 6.45) is 0. The van der Waals surface area contributed by atoms with Gasteiger partial charge in [0.25, 0.3) is 0 Å². The molecule has 0 bridgehead atoms.